The molecule has 1 N–H and O–H groups in total. The van der Waals surface area contributed by atoms with Crippen LogP contribution in [0.1, 0.15) is 46.1 Å². The minimum atomic E-state index is -2.86. The van der Waals surface area contributed by atoms with Gasteiger partial charge in [-0.25, -0.2) is 8.78 Å². The number of allylic oxidation sites excluding steroid dienone is 2. The summed E-state index contributed by atoms with van der Waals surface area (Å²) < 4.78 is 32.0. The van der Waals surface area contributed by atoms with Crippen molar-refractivity contribution in [2.75, 3.05) is 13.2 Å². The first-order chi connectivity index (χ1) is 13.2. The van der Waals surface area contributed by atoms with Crippen LogP contribution in [0, 0.1) is 5.92 Å². The molecule has 0 aliphatic carbocycles. The van der Waals surface area contributed by atoms with E-state index in [1.54, 1.807) is 18.2 Å². The fraction of sp³-hybridized carbons (Fsp3) is 0.435. The third kappa shape index (κ3) is 8.51. The summed E-state index contributed by atoms with van der Waals surface area (Å²) in [4.78, 5) is 12.0. The summed E-state index contributed by atoms with van der Waals surface area (Å²) in [5.74, 6) is -2.05. The van der Waals surface area contributed by atoms with Crippen molar-refractivity contribution in [3.05, 3.63) is 65.8 Å². The second-order valence-electron chi connectivity index (χ2n) is 6.96. The zero-order valence-electron chi connectivity index (χ0n) is 17.2. The lowest BCUT2D eigenvalue weighted by molar-refractivity contribution is -0.117. The van der Waals surface area contributed by atoms with Crippen LogP contribution in [0.25, 0.3) is 0 Å². The molecule has 0 fully saturated rings. The highest BCUT2D eigenvalue weighted by Gasteiger charge is 2.23. The van der Waals surface area contributed by atoms with E-state index in [0.29, 0.717) is 36.8 Å². The van der Waals surface area contributed by atoms with Crippen LogP contribution in [0.4, 0.5) is 8.78 Å². The van der Waals surface area contributed by atoms with E-state index in [0.717, 1.165) is 18.9 Å². The van der Waals surface area contributed by atoms with Gasteiger partial charge >= 0.3 is 0 Å². The molecule has 5 heteroatoms. The molecule has 1 unspecified atom stereocenters. The van der Waals surface area contributed by atoms with Crippen LogP contribution in [0.3, 0.4) is 0 Å². The molecule has 0 radical (unpaired) electrons. The Morgan fingerprint density at radius 1 is 1.29 bits per heavy atom. The molecule has 0 heterocycles. The zero-order valence-corrected chi connectivity index (χ0v) is 17.2. The maximum Gasteiger partial charge on any atom is 0.270 e. The van der Waals surface area contributed by atoms with Crippen molar-refractivity contribution in [1.82, 2.24) is 5.32 Å². The number of alkyl halides is 2. The van der Waals surface area contributed by atoms with E-state index >= 15 is 0 Å². The number of hydrogen-bond acceptors (Lipinski definition) is 2. The molecule has 1 amide bonds. The van der Waals surface area contributed by atoms with Crippen molar-refractivity contribution in [3.63, 3.8) is 0 Å². The van der Waals surface area contributed by atoms with Crippen molar-refractivity contribution >= 4 is 5.91 Å². The Hall–Kier alpha value is -2.43. The van der Waals surface area contributed by atoms with Gasteiger partial charge in [0.15, 0.2) is 0 Å². The summed E-state index contributed by atoms with van der Waals surface area (Å²) in [5.41, 5.74) is 1.36. The monoisotopic (exact) mass is 391 g/mol. The number of benzene rings is 1. The molecule has 0 saturated heterocycles. The highest BCUT2D eigenvalue weighted by Crippen LogP contribution is 2.28. The van der Waals surface area contributed by atoms with Gasteiger partial charge in [0.25, 0.3) is 11.8 Å². The molecule has 1 rings (SSSR count). The quantitative estimate of drug-likeness (QED) is 0.383. The number of ether oxygens (including phenoxy) is 1. The summed E-state index contributed by atoms with van der Waals surface area (Å²) in [7, 11) is 0. The Morgan fingerprint density at radius 2 is 1.93 bits per heavy atom. The zero-order chi connectivity index (χ0) is 21.2. The Labute approximate surface area is 167 Å². The first-order valence-corrected chi connectivity index (χ1v) is 9.58. The predicted molar refractivity (Wildman–Crippen MR) is 111 cm³/mol. The fourth-order valence-corrected chi connectivity index (χ4v) is 2.26. The molecule has 1 atom stereocenters. The SMILES string of the molecule is C=C(/C=C\C(=C/C)CCOc1ccc(C(C)(F)F)cc1)C(=O)NCC(C)CC. The van der Waals surface area contributed by atoms with Crippen LogP contribution >= 0.6 is 0 Å². The smallest absolute Gasteiger partial charge is 0.270 e. The van der Waals surface area contributed by atoms with Crippen molar-refractivity contribution in [2.24, 2.45) is 5.92 Å². The number of rotatable bonds is 11. The van der Waals surface area contributed by atoms with Gasteiger partial charge in [-0.05, 0) is 48.8 Å². The maximum atomic E-state index is 13.2. The van der Waals surface area contributed by atoms with Crippen molar-refractivity contribution in [2.45, 2.75) is 46.5 Å². The average molecular weight is 392 g/mol. The van der Waals surface area contributed by atoms with Crippen LogP contribution in [-0.2, 0) is 10.7 Å². The van der Waals surface area contributed by atoms with Crippen molar-refractivity contribution < 1.29 is 18.3 Å². The molecular formula is C23H31F2NO2. The van der Waals surface area contributed by atoms with Crippen LogP contribution in [0.5, 0.6) is 5.75 Å². The molecule has 0 bridgehead atoms. The molecule has 1 aromatic rings. The van der Waals surface area contributed by atoms with Gasteiger partial charge in [-0.15, -0.1) is 0 Å². The van der Waals surface area contributed by atoms with Crippen LogP contribution < -0.4 is 10.1 Å². The third-order valence-electron chi connectivity index (χ3n) is 4.49. The minimum Gasteiger partial charge on any atom is -0.493 e. The van der Waals surface area contributed by atoms with Gasteiger partial charge in [-0.1, -0.05) is 39.0 Å². The molecule has 154 valence electrons. The first kappa shape index (κ1) is 23.6. The van der Waals surface area contributed by atoms with Crippen LogP contribution in [-0.4, -0.2) is 19.1 Å². The van der Waals surface area contributed by atoms with Crippen LogP contribution in [0.15, 0.2) is 60.2 Å². The summed E-state index contributed by atoms with van der Waals surface area (Å²) in [6.07, 6.45) is 7.11. The van der Waals surface area contributed by atoms with E-state index in [1.807, 2.05) is 19.1 Å². The highest BCUT2D eigenvalue weighted by atomic mass is 19.3. The van der Waals surface area contributed by atoms with E-state index in [2.05, 4.69) is 25.7 Å². The molecule has 1 aromatic carbocycles. The lowest BCUT2D eigenvalue weighted by atomic mass is 10.1. The number of carbonyl (C=O) groups excluding carboxylic acids is 1. The standard InChI is InChI=1S/C23H31F2NO2/c1-6-17(3)16-26-22(27)18(4)8-9-19(7-2)14-15-28-21-12-10-20(11-13-21)23(5,24)25/h7-13,17H,4,6,14-16H2,1-3,5H3,(H,26,27)/b9-8-,19-7+. The fourth-order valence-electron chi connectivity index (χ4n) is 2.26. The number of nitrogens with one attached hydrogen (secondary N) is 1. The molecule has 0 aromatic heterocycles. The van der Waals surface area contributed by atoms with Gasteiger partial charge in [-0.3, -0.25) is 4.79 Å². The summed E-state index contributed by atoms with van der Waals surface area (Å²) in [6, 6.07) is 5.82. The Morgan fingerprint density at radius 3 is 2.46 bits per heavy atom. The normalized spacial score (nSPS) is 13.4. The van der Waals surface area contributed by atoms with Gasteiger partial charge in [0, 0.05) is 31.0 Å². The second-order valence-corrected chi connectivity index (χ2v) is 6.96. The van der Waals surface area contributed by atoms with E-state index in [1.165, 1.54) is 12.1 Å². The maximum absolute atomic E-state index is 13.2. The lowest BCUT2D eigenvalue weighted by Gasteiger charge is -2.12. The molecular weight excluding hydrogens is 360 g/mol. The lowest BCUT2D eigenvalue weighted by Crippen LogP contribution is -2.28. The average Bonchev–Trinajstić information content (AvgIpc) is 2.67. The molecule has 28 heavy (non-hydrogen) atoms. The molecule has 3 nitrogen and oxygen atoms in total. The Bertz CT molecular complexity index is 700. The molecule has 0 aliphatic heterocycles. The Balaban J connectivity index is 2.47. The van der Waals surface area contributed by atoms with E-state index in [9.17, 15) is 13.6 Å². The van der Waals surface area contributed by atoms with E-state index in [4.69, 9.17) is 4.74 Å². The summed E-state index contributed by atoms with van der Waals surface area (Å²) in [6.45, 7) is 11.8. The van der Waals surface area contributed by atoms with Gasteiger partial charge in [0.2, 0.25) is 0 Å². The summed E-state index contributed by atoms with van der Waals surface area (Å²) in [5, 5.41) is 2.87. The van der Waals surface area contributed by atoms with Crippen LogP contribution in [0.2, 0.25) is 0 Å². The van der Waals surface area contributed by atoms with Gasteiger partial charge in [0.1, 0.15) is 5.75 Å². The highest BCUT2D eigenvalue weighted by molar-refractivity contribution is 5.95. The van der Waals surface area contributed by atoms with Gasteiger partial charge < -0.3 is 10.1 Å². The number of halogens is 2. The van der Waals surface area contributed by atoms with Gasteiger partial charge in [-0.2, -0.15) is 0 Å². The molecule has 0 saturated carbocycles. The van der Waals surface area contributed by atoms with Crippen molar-refractivity contribution in [1.29, 1.82) is 0 Å². The predicted octanol–water partition coefficient (Wildman–Crippen LogP) is 5.79. The third-order valence-corrected chi connectivity index (χ3v) is 4.49. The topological polar surface area (TPSA) is 38.3 Å². The molecule has 0 aliphatic rings. The molecule has 0 spiro atoms. The number of amides is 1. The van der Waals surface area contributed by atoms with E-state index < -0.39 is 5.92 Å². The second kappa shape index (κ2) is 11.4. The summed E-state index contributed by atoms with van der Waals surface area (Å²) >= 11 is 0. The number of hydrogen-bond donors (Lipinski definition) is 1. The Kier molecular flexibility index (Phi) is 9.63. The van der Waals surface area contributed by atoms with E-state index in [-0.39, 0.29) is 11.5 Å². The minimum absolute atomic E-state index is 0.0398. The van der Waals surface area contributed by atoms with Crippen molar-refractivity contribution in [3.8, 4) is 5.75 Å². The largest absolute Gasteiger partial charge is 0.493 e. The number of carbonyl (C=O) groups is 1. The first-order valence-electron chi connectivity index (χ1n) is 9.58. The van der Waals surface area contributed by atoms with Gasteiger partial charge in [0.05, 0.1) is 6.61 Å².